The average molecular weight is 495 g/mol. The van der Waals surface area contributed by atoms with Crippen molar-refractivity contribution in [2.24, 2.45) is 23.7 Å². The zero-order valence-electron chi connectivity index (χ0n) is 22.1. The Morgan fingerprint density at radius 1 is 0.886 bits per heavy atom. The lowest BCUT2D eigenvalue weighted by molar-refractivity contribution is 0.0330. The van der Waals surface area contributed by atoms with Crippen molar-refractivity contribution in [3.63, 3.8) is 0 Å². The molecule has 35 heavy (non-hydrogen) atoms. The van der Waals surface area contributed by atoms with Gasteiger partial charge in [0.25, 0.3) is 0 Å². The predicted molar refractivity (Wildman–Crippen MR) is 150 cm³/mol. The van der Waals surface area contributed by atoms with E-state index >= 15 is 0 Å². The molecule has 0 N–H and O–H groups in total. The van der Waals surface area contributed by atoms with Gasteiger partial charge in [0.2, 0.25) is 0 Å². The van der Waals surface area contributed by atoms with Crippen molar-refractivity contribution in [3.05, 3.63) is 41.3 Å². The second kappa shape index (κ2) is 12.3. The van der Waals surface area contributed by atoms with Gasteiger partial charge in [-0.2, -0.15) is 0 Å². The topological polar surface area (TPSA) is 18.5 Å². The third-order valence-corrected chi connectivity index (χ3v) is 10.5. The molecule has 0 bridgehead atoms. The highest BCUT2D eigenvalue weighted by Gasteiger charge is 2.30. The minimum absolute atomic E-state index is 0.316. The van der Waals surface area contributed by atoms with Gasteiger partial charge in [0.1, 0.15) is 5.75 Å². The van der Waals surface area contributed by atoms with E-state index < -0.39 is 0 Å². The van der Waals surface area contributed by atoms with E-state index in [0.717, 1.165) is 49.1 Å². The van der Waals surface area contributed by atoms with Crippen LogP contribution in [0.15, 0.2) is 36.4 Å². The summed E-state index contributed by atoms with van der Waals surface area (Å²) in [6, 6.07) is 8.84. The highest BCUT2D eigenvalue weighted by molar-refractivity contribution is 7.19. The Hall–Kier alpha value is -1.32. The number of thiophene rings is 1. The largest absolute Gasteiger partial charge is 0.494 e. The van der Waals surface area contributed by atoms with E-state index in [1.165, 1.54) is 85.6 Å². The minimum Gasteiger partial charge on any atom is -0.494 e. The van der Waals surface area contributed by atoms with E-state index in [4.69, 9.17) is 9.47 Å². The van der Waals surface area contributed by atoms with Gasteiger partial charge in [0.15, 0.2) is 0 Å². The second-order valence-corrected chi connectivity index (χ2v) is 12.7. The Morgan fingerprint density at radius 2 is 1.66 bits per heavy atom. The van der Waals surface area contributed by atoms with Crippen molar-refractivity contribution < 1.29 is 9.47 Å². The SMILES string of the molecule is CCCC1CCC(C2CCC(/C=C/C3CCC(c4cc5ccc(OCC)cc5s4)CO3)CC2)CC1. The summed E-state index contributed by atoms with van der Waals surface area (Å²) in [5.41, 5.74) is 0. The molecular weight excluding hydrogens is 448 g/mol. The Labute approximate surface area is 217 Å². The van der Waals surface area contributed by atoms with Crippen LogP contribution in [0.25, 0.3) is 10.1 Å². The summed E-state index contributed by atoms with van der Waals surface area (Å²) >= 11 is 1.92. The Kier molecular flexibility index (Phi) is 8.89. The first-order valence-corrected chi connectivity index (χ1v) is 15.5. The third-order valence-electron chi connectivity index (χ3n) is 9.20. The highest BCUT2D eigenvalue weighted by Crippen LogP contribution is 2.43. The first-order chi connectivity index (χ1) is 17.2. The lowest BCUT2D eigenvalue weighted by Gasteiger charge is -2.37. The number of rotatable bonds is 8. The van der Waals surface area contributed by atoms with Crippen molar-refractivity contribution >= 4 is 21.4 Å². The van der Waals surface area contributed by atoms with Gasteiger partial charge in [-0.15, -0.1) is 11.3 Å². The molecule has 2 atom stereocenters. The normalized spacial score (nSPS) is 32.3. The molecule has 0 radical (unpaired) electrons. The Balaban J connectivity index is 1.05. The molecule has 2 heterocycles. The average Bonchev–Trinajstić information content (AvgIpc) is 3.33. The van der Waals surface area contributed by atoms with Crippen LogP contribution in [0.1, 0.15) is 102 Å². The van der Waals surface area contributed by atoms with Crippen LogP contribution >= 0.6 is 11.3 Å². The quantitative estimate of drug-likeness (QED) is 0.340. The number of hydrogen-bond donors (Lipinski definition) is 0. The molecule has 2 saturated carbocycles. The molecule has 3 heteroatoms. The fraction of sp³-hybridized carbons (Fsp3) is 0.688. The second-order valence-electron chi connectivity index (χ2n) is 11.6. The van der Waals surface area contributed by atoms with Gasteiger partial charge in [0.05, 0.1) is 19.3 Å². The van der Waals surface area contributed by atoms with Gasteiger partial charge in [-0.05, 0) is 112 Å². The summed E-state index contributed by atoms with van der Waals surface area (Å²) in [4.78, 5) is 1.47. The number of hydrogen-bond acceptors (Lipinski definition) is 3. The van der Waals surface area contributed by atoms with Gasteiger partial charge < -0.3 is 9.47 Å². The number of benzene rings is 1. The van der Waals surface area contributed by atoms with Crippen molar-refractivity contribution in [3.8, 4) is 5.75 Å². The monoisotopic (exact) mass is 494 g/mol. The molecule has 1 saturated heterocycles. The van der Waals surface area contributed by atoms with Gasteiger partial charge >= 0.3 is 0 Å². The lowest BCUT2D eigenvalue weighted by Crippen LogP contribution is -2.26. The van der Waals surface area contributed by atoms with Crippen LogP contribution in [-0.4, -0.2) is 19.3 Å². The minimum atomic E-state index is 0.316. The number of ether oxygens (including phenoxy) is 2. The van der Waals surface area contributed by atoms with Crippen molar-refractivity contribution in [2.75, 3.05) is 13.2 Å². The summed E-state index contributed by atoms with van der Waals surface area (Å²) in [5.74, 6) is 5.39. The Bertz CT molecular complexity index is 938. The van der Waals surface area contributed by atoms with Gasteiger partial charge in [-0.3, -0.25) is 0 Å². The zero-order chi connectivity index (χ0) is 24.0. The maximum absolute atomic E-state index is 6.34. The van der Waals surface area contributed by atoms with E-state index in [-0.39, 0.29) is 0 Å². The fourth-order valence-corrected chi connectivity index (χ4v) is 8.30. The molecule has 2 nitrogen and oxygen atoms in total. The molecule has 1 aromatic carbocycles. The first-order valence-electron chi connectivity index (χ1n) is 14.7. The van der Waals surface area contributed by atoms with Gasteiger partial charge in [0, 0.05) is 15.5 Å². The summed E-state index contributed by atoms with van der Waals surface area (Å²) in [7, 11) is 0. The summed E-state index contributed by atoms with van der Waals surface area (Å²) in [6.45, 7) is 5.96. The highest BCUT2D eigenvalue weighted by atomic mass is 32.1. The number of fused-ring (bicyclic) bond motifs is 1. The smallest absolute Gasteiger partial charge is 0.120 e. The number of allylic oxidation sites excluding steroid dienone is 1. The van der Waals surface area contributed by atoms with Crippen molar-refractivity contribution in [2.45, 2.75) is 103 Å². The molecular formula is C32H46O2S. The first kappa shape index (κ1) is 25.3. The predicted octanol–water partition coefficient (Wildman–Crippen LogP) is 9.53. The molecule has 3 fully saturated rings. The van der Waals surface area contributed by atoms with E-state index in [1.807, 2.05) is 18.3 Å². The lowest BCUT2D eigenvalue weighted by atomic mass is 9.68. The van der Waals surface area contributed by atoms with Crippen LogP contribution in [-0.2, 0) is 4.74 Å². The zero-order valence-corrected chi connectivity index (χ0v) is 22.9. The molecule has 2 aromatic rings. The van der Waals surface area contributed by atoms with Crippen LogP contribution in [0.5, 0.6) is 5.75 Å². The molecule has 2 aliphatic carbocycles. The maximum atomic E-state index is 6.34. The molecule has 0 amide bonds. The Morgan fingerprint density at radius 3 is 2.34 bits per heavy atom. The molecule has 3 aliphatic rings. The van der Waals surface area contributed by atoms with Crippen molar-refractivity contribution in [1.29, 1.82) is 0 Å². The van der Waals surface area contributed by atoms with Gasteiger partial charge in [-0.25, -0.2) is 0 Å². The third kappa shape index (κ3) is 6.52. The van der Waals surface area contributed by atoms with E-state index in [1.54, 1.807) is 0 Å². The molecule has 1 aliphatic heterocycles. The van der Waals surface area contributed by atoms with Crippen LogP contribution in [0.4, 0.5) is 0 Å². The standard InChI is InChI=1S/C32H46O2S/c1-3-5-23-6-11-25(12-7-23)26-13-8-24(9-14-26)10-17-29-18-16-28(22-34-29)31-20-27-15-19-30(33-4-2)21-32(27)35-31/h10,15,17,19-21,23-26,28-29H,3-9,11-14,16,18,22H2,1-2H3/b17-10+. The van der Waals surface area contributed by atoms with Crippen LogP contribution in [0.3, 0.4) is 0 Å². The fourth-order valence-electron chi connectivity index (χ4n) is 7.08. The molecule has 1 aromatic heterocycles. The van der Waals surface area contributed by atoms with Crippen LogP contribution in [0.2, 0.25) is 0 Å². The van der Waals surface area contributed by atoms with E-state index in [9.17, 15) is 0 Å². The summed E-state index contributed by atoms with van der Waals surface area (Å²) in [5, 5.41) is 1.33. The van der Waals surface area contributed by atoms with Crippen LogP contribution < -0.4 is 4.74 Å². The van der Waals surface area contributed by atoms with Crippen LogP contribution in [0, 0.1) is 23.7 Å². The van der Waals surface area contributed by atoms with Crippen molar-refractivity contribution in [1.82, 2.24) is 0 Å². The maximum Gasteiger partial charge on any atom is 0.120 e. The van der Waals surface area contributed by atoms with Gasteiger partial charge in [-0.1, -0.05) is 44.8 Å². The molecule has 5 rings (SSSR count). The summed E-state index contributed by atoms with van der Waals surface area (Å²) in [6.07, 6.45) is 22.2. The van der Waals surface area contributed by atoms with E-state index in [2.05, 4.69) is 43.3 Å². The molecule has 0 spiro atoms. The summed E-state index contributed by atoms with van der Waals surface area (Å²) < 4.78 is 13.3. The molecule has 192 valence electrons. The molecule has 2 unspecified atom stereocenters. The van der Waals surface area contributed by atoms with E-state index in [0.29, 0.717) is 12.0 Å².